The van der Waals surface area contributed by atoms with Crippen LogP contribution in [0.4, 0.5) is 0 Å². The van der Waals surface area contributed by atoms with Gasteiger partial charge in [-0.3, -0.25) is 14.6 Å². The van der Waals surface area contributed by atoms with Gasteiger partial charge in [-0.2, -0.15) is 0 Å². The zero-order chi connectivity index (χ0) is 43.9. The van der Waals surface area contributed by atoms with Crippen LogP contribution < -0.4 is 0 Å². The number of aromatic nitrogens is 1. The molecule has 1 heterocycles. The Labute approximate surface area is 347 Å². The highest BCUT2D eigenvalue weighted by Gasteiger charge is 2.50. The Morgan fingerprint density at radius 1 is 0.786 bits per heavy atom. The lowest BCUT2D eigenvalue weighted by Crippen LogP contribution is -2.54. The number of nitrogens with zero attached hydrogens (tertiary/aromatic N) is 1. The van der Waals surface area contributed by atoms with Gasteiger partial charge in [0.2, 0.25) is 0 Å². The van der Waals surface area contributed by atoms with Crippen molar-refractivity contribution in [3.8, 4) is 0 Å². The molecule has 5 atom stereocenters. The molecule has 0 unspecified atom stereocenters. The second-order valence-electron chi connectivity index (χ2n) is 21.8. The molecule has 0 aliphatic heterocycles. The Kier molecular flexibility index (Phi) is 18.7. The molecule has 0 saturated heterocycles. The zero-order valence-corrected chi connectivity index (χ0v) is 42.8. The third kappa shape index (κ3) is 15.2. The average Bonchev–Trinajstić information content (AvgIpc) is 3.02. The van der Waals surface area contributed by atoms with Gasteiger partial charge in [0.1, 0.15) is 5.78 Å². The van der Waals surface area contributed by atoms with Crippen molar-refractivity contribution in [2.24, 2.45) is 17.3 Å². The molecule has 0 aliphatic rings. The maximum absolute atomic E-state index is 14.7. The van der Waals surface area contributed by atoms with E-state index in [-0.39, 0.29) is 45.4 Å². The van der Waals surface area contributed by atoms with Crippen LogP contribution in [0.1, 0.15) is 142 Å². The highest BCUT2D eigenvalue weighted by atomic mass is 28.4. The number of carboxylic acid groups (broad SMARTS) is 1. The van der Waals surface area contributed by atoms with E-state index in [1.54, 1.807) is 0 Å². The van der Waals surface area contributed by atoms with Crippen molar-refractivity contribution in [3.05, 3.63) is 47.3 Å². The number of pyridine rings is 1. The predicted molar refractivity (Wildman–Crippen MR) is 246 cm³/mol. The van der Waals surface area contributed by atoms with Crippen LogP contribution in [0.2, 0.25) is 54.4 Å². The number of rotatable bonds is 21. The van der Waals surface area contributed by atoms with E-state index in [1.807, 2.05) is 45.2 Å². The van der Waals surface area contributed by atoms with Crippen LogP contribution in [-0.2, 0) is 22.9 Å². The quantitative estimate of drug-likeness (QED) is 0.0973. The molecular weight excluding hydrogens is 747 g/mol. The lowest BCUT2D eigenvalue weighted by molar-refractivity contribution is -0.146. The van der Waals surface area contributed by atoms with Crippen molar-refractivity contribution in [3.63, 3.8) is 0 Å². The number of Topliss-reactive ketones (excluding diaryl/α,β-unsaturated/α-hetero) is 1. The van der Waals surface area contributed by atoms with Crippen molar-refractivity contribution in [1.82, 2.24) is 4.98 Å². The standard InChI is InChI=1S/C46H85NO6Si3/c1-33(28-29-38(51-54(16,17)43(5,6)7)35(3)31-37-27-22-23-30-47-37)25-24-26-34(2)41(53-56(20,21)45(11,12)13)36(4)42(50)46(14,15)39(32-40(48)49)52-55(18,19)44(8,9)10/h22-23,27-28,30-31,34,36,38-39,41H,24-26,29,32H2,1-21H3,(H,48,49)/b33-28+,35-31+/t34-,36+,38-,39-,41-/m0/s1. The van der Waals surface area contributed by atoms with Gasteiger partial charge in [0.25, 0.3) is 0 Å². The number of ketones is 1. The Balaban J connectivity index is 3.37. The average molecular weight is 832 g/mol. The zero-order valence-electron chi connectivity index (χ0n) is 39.8. The fraction of sp³-hybridized carbons (Fsp3) is 0.761. The molecule has 1 aromatic rings. The Bertz CT molecular complexity index is 1480. The van der Waals surface area contributed by atoms with Gasteiger partial charge in [-0.25, -0.2) is 0 Å². The van der Waals surface area contributed by atoms with Gasteiger partial charge < -0.3 is 18.4 Å². The predicted octanol–water partition coefficient (Wildman–Crippen LogP) is 13.5. The minimum Gasteiger partial charge on any atom is -0.481 e. The number of carbonyl (C=O) groups is 2. The number of allylic oxidation sites excluding steroid dienone is 1. The van der Waals surface area contributed by atoms with Gasteiger partial charge in [0.05, 0.1) is 30.4 Å². The first-order valence-electron chi connectivity index (χ1n) is 21.1. The fourth-order valence-electron chi connectivity index (χ4n) is 6.18. The number of carbonyl (C=O) groups excluding carboxylic acids is 1. The maximum atomic E-state index is 14.7. The van der Waals surface area contributed by atoms with E-state index in [1.165, 1.54) is 11.1 Å². The lowest BCUT2D eigenvalue weighted by Gasteiger charge is -2.46. The summed E-state index contributed by atoms with van der Waals surface area (Å²) in [5.74, 6) is -1.27. The van der Waals surface area contributed by atoms with Crippen LogP contribution in [0.25, 0.3) is 6.08 Å². The van der Waals surface area contributed by atoms with E-state index >= 15 is 0 Å². The third-order valence-electron chi connectivity index (χ3n) is 13.5. The summed E-state index contributed by atoms with van der Waals surface area (Å²) >= 11 is 0. The second-order valence-corrected chi connectivity index (χ2v) is 36.1. The van der Waals surface area contributed by atoms with Gasteiger partial charge in [-0.1, -0.05) is 108 Å². The van der Waals surface area contributed by atoms with Crippen LogP contribution in [0.5, 0.6) is 0 Å². The van der Waals surface area contributed by atoms with Crippen LogP contribution >= 0.6 is 0 Å². The topological polar surface area (TPSA) is 95.0 Å². The van der Waals surface area contributed by atoms with E-state index in [2.05, 4.69) is 140 Å². The number of aliphatic carboxylic acids is 1. The fourth-order valence-corrected chi connectivity index (χ4v) is 10.4. The molecule has 0 fully saturated rings. The number of hydrogen-bond donors (Lipinski definition) is 1. The summed E-state index contributed by atoms with van der Waals surface area (Å²) in [5.41, 5.74) is 2.43. The molecule has 0 saturated carbocycles. The van der Waals surface area contributed by atoms with Crippen LogP contribution in [-0.4, -0.2) is 65.1 Å². The molecule has 0 spiro atoms. The summed E-state index contributed by atoms with van der Waals surface area (Å²) in [4.78, 5) is 31.4. The molecule has 0 bridgehead atoms. The monoisotopic (exact) mass is 832 g/mol. The van der Waals surface area contributed by atoms with E-state index in [9.17, 15) is 14.7 Å². The second kappa shape index (κ2) is 20.0. The molecule has 1 rings (SSSR count). The summed E-state index contributed by atoms with van der Waals surface area (Å²) < 4.78 is 20.9. The van der Waals surface area contributed by atoms with Crippen molar-refractivity contribution in [2.45, 2.75) is 209 Å². The van der Waals surface area contributed by atoms with Gasteiger partial charge in [0, 0.05) is 17.5 Å². The number of hydrogen-bond acceptors (Lipinski definition) is 6. The van der Waals surface area contributed by atoms with Gasteiger partial charge in [-0.15, -0.1) is 0 Å². The lowest BCUT2D eigenvalue weighted by atomic mass is 9.73. The maximum Gasteiger partial charge on any atom is 0.305 e. The smallest absolute Gasteiger partial charge is 0.305 e. The molecule has 0 aromatic carbocycles. The van der Waals surface area contributed by atoms with Gasteiger partial charge in [0.15, 0.2) is 25.0 Å². The first-order valence-corrected chi connectivity index (χ1v) is 29.8. The van der Waals surface area contributed by atoms with Gasteiger partial charge in [-0.05, 0) is 124 Å². The molecule has 56 heavy (non-hydrogen) atoms. The van der Waals surface area contributed by atoms with Crippen LogP contribution in [0.3, 0.4) is 0 Å². The molecule has 322 valence electrons. The molecule has 0 aliphatic carbocycles. The summed E-state index contributed by atoms with van der Waals surface area (Å²) in [6, 6.07) is 5.99. The van der Waals surface area contributed by atoms with Crippen molar-refractivity contribution >= 4 is 42.8 Å². The minimum absolute atomic E-state index is 0.0102. The highest BCUT2D eigenvalue weighted by Crippen LogP contribution is 2.44. The molecule has 7 nitrogen and oxygen atoms in total. The van der Waals surface area contributed by atoms with Crippen molar-refractivity contribution < 1.29 is 28.0 Å². The molecule has 1 aromatic heterocycles. The summed E-state index contributed by atoms with van der Waals surface area (Å²) in [7, 11) is -6.70. The molecule has 0 radical (unpaired) electrons. The molecular formula is C46H85NO6Si3. The van der Waals surface area contributed by atoms with E-state index in [0.717, 1.165) is 31.4 Å². The first-order chi connectivity index (χ1) is 25.1. The summed E-state index contributed by atoms with van der Waals surface area (Å²) in [6.45, 7) is 45.7. The first kappa shape index (κ1) is 52.3. The van der Waals surface area contributed by atoms with E-state index in [0.29, 0.717) is 0 Å². The van der Waals surface area contributed by atoms with E-state index < -0.39 is 48.4 Å². The summed E-state index contributed by atoms with van der Waals surface area (Å²) in [5, 5.41) is 9.91. The van der Waals surface area contributed by atoms with Crippen molar-refractivity contribution in [2.75, 3.05) is 0 Å². The summed E-state index contributed by atoms with van der Waals surface area (Å²) in [6.07, 6.45) is 8.67. The number of carboxylic acids is 1. The Hall–Kier alpha value is -1.70. The largest absolute Gasteiger partial charge is 0.481 e. The minimum atomic E-state index is -2.38. The van der Waals surface area contributed by atoms with Crippen LogP contribution in [0.15, 0.2) is 41.6 Å². The SMILES string of the molecule is C/C(=C\C[C@H](O[Si](C)(C)C(C)(C)C)/C(C)=C/c1ccccn1)CCC[C@H](C)[C@H](O[Si](C)(C)C(C)(C)C)[C@@H](C)C(=O)C(C)(C)[C@H](CC(=O)O)O[Si](C)(C)C(C)(C)C. The van der Waals surface area contributed by atoms with Crippen LogP contribution in [0, 0.1) is 17.3 Å². The van der Waals surface area contributed by atoms with Crippen molar-refractivity contribution in [1.29, 1.82) is 0 Å². The van der Waals surface area contributed by atoms with E-state index in [4.69, 9.17) is 13.3 Å². The highest BCUT2D eigenvalue weighted by molar-refractivity contribution is 6.75. The Morgan fingerprint density at radius 3 is 1.75 bits per heavy atom. The Morgan fingerprint density at radius 2 is 1.29 bits per heavy atom. The molecule has 0 amide bonds. The third-order valence-corrected chi connectivity index (χ3v) is 26.9. The van der Waals surface area contributed by atoms with Gasteiger partial charge >= 0.3 is 5.97 Å². The molecule has 1 N–H and O–H groups in total. The normalized spacial score (nSPS) is 17.3. The molecule has 10 heteroatoms.